The van der Waals surface area contributed by atoms with Crippen LogP contribution < -0.4 is 24.8 Å². The lowest BCUT2D eigenvalue weighted by atomic mass is 10.1. The summed E-state index contributed by atoms with van der Waals surface area (Å²) in [6.07, 6.45) is -0.287. The first-order chi connectivity index (χ1) is 15.7. The predicted octanol–water partition coefficient (Wildman–Crippen LogP) is 2.95. The molecule has 7 heteroatoms. The highest BCUT2D eigenvalue weighted by molar-refractivity contribution is 5.97. The van der Waals surface area contributed by atoms with Crippen molar-refractivity contribution >= 4 is 11.8 Å². The van der Waals surface area contributed by atoms with Crippen LogP contribution in [0.15, 0.2) is 78.9 Å². The summed E-state index contributed by atoms with van der Waals surface area (Å²) in [5, 5.41) is 5.65. The smallest absolute Gasteiger partial charge is 0.258 e. The topological polar surface area (TPSA) is 85.9 Å². The number of hydrogen-bond donors (Lipinski definition) is 2. The molecule has 0 spiro atoms. The lowest BCUT2D eigenvalue weighted by Crippen LogP contribution is -2.42. The van der Waals surface area contributed by atoms with Gasteiger partial charge in [0.1, 0.15) is 18.5 Å². The fourth-order valence-corrected chi connectivity index (χ4v) is 3.24. The first-order valence-corrected chi connectivity index (χ1v) is 10.4. The molecule has 0 aromatic heterocycles. The molecule has 1 unspecified atom stereocenters. The van der Waals surface area contributed by atoms with Crippen molar-refractivity contribution in [3.05, 3.63) is 90.0 Å². The lowest BCUT2D eigenvalue weighted by molar-refractivity contribution is -0.123. The first kappa shape index (κ1) is 21.2. The molecule has 1 heterocycles. The van der Waals surface area contributed by atoms with Crippen molar-refractivity contribution in [2.24, 2.45) is 0 Å². The fourth-order valence-electron chi connectivity index (χ4n) is 3.24. The van der Waals surface area contributed by atoms with E-state index in [1.165, 1.54) is 0 Å². The second kappa shape index (κ2) is 10.3. The number of nitrogens with one attached hydrogen (secondary N) is 2. The molecule has 1 aliphatic rings. The molecule has 1 aliphatic heterocycles. The van der Waals surface area contributed by atoms with E-state index in [1.807, 2.05) is 54.6 Å². The number of para-hydroxylation sites is 3. The summed E-state index contributed by atoms with van der Waals surface area (Å²) in [5.41, 5.74) is 1.37. The minimum absolute atomic E-state index is 0.215. The fraction of sp³-hybridized carbons (Fsp3) is 0.200. The highest BCUT2D eigenvalue weighted by atomic mass is 16.6. The number of amides is 2. The van der Waals surface area contributed by atoms with Gasteiger partial charge in [-0.25, -0.2) is 0 Å². The zero-order chi connectivity index (χ0) is 22.2. The Kier molecular flexibility index (Phi) is 6.87. The van der Waals surface area contributed by atoms with Crippen LogP contribution in [0, 0.1) is 0 Å². The maximum Gasteiger partial charge on any atom is 0.258 e. The Labute approximate surface area is 186 Å². The molecule has 2 amide bonds. The van der Waals surface area contributed by atoms with Gasteiger partial charge in [0.2, 0.25) is 0 Å². The van der Waals surface area contributed by atoms with Gasteiger partial charge in [-0.05, 0) is 29.8 Å². The van der Waals surface area contributed by atoms with Crippen LogP contribution in [0.5, 0.6) is 17.2 Å². The summed E-state index contributed by atoms with van der Waals surface area (Å²) in [5.74, 6) is 1.12. The Morgan fingerprint density at radius 2 is 1.59 bits per heavy atom. The Morgan fingerprint density at radius 3 is 2.44 bits per heavy atom. The third-order valence-electron chi connectivity index (χ3n) is 4.88. The van der Waals surface area contributed by atoms with Gasteiger partial charge in [0.05, 0.1) is 12.1 Å². The second-order valence-corrected chi connectivity index (χ2v) is 7.25. The molecule has 0 aliphatic carbocycles. The van der Waals surface area contributed by atoms with E-state index in [0.717, 1.165) is 5.56 Å². The van der Waals surface area contributed by atoms with Gasteiger partial charge in [-0.3, -0.25) is 9.59 Å². The summed E-state index contributed by atoms with van der Waals surface area (Å²) >= 11 is 0. The zero-order valence-electron chi connectivity index (χ0n) is 17.5. The molecule has 4 rings (SSSR count). The van der Waals surface area contributed by atoms with Crippen molar-refractivity contribution in [3.63, 3.8) is 0 Å². The van der Waals surface area contributed by atoms with Gasteiger partial charge in [0.15, 0.2) is 18.1 Å². The monoisotopic (exact) mass is 432 g/mol. The van der Waals surface area contributed by atoms with E-state index in [4.69, 9.17) is 14.2 Å². The molecular weight excluding hydrogens is 408 g/mol. The largest absolute Gasteiger partial charge is 0.486 e. The molecule has 0 bridgehead atoms. The van der Waals surface area contributed by atoms with Crippen molar-refractivity contribution in [1.82, 2.24) is 10.6 Å². The Morgan fingerprint density at radius 1 is 0.875 bits per heavy atom. The number of rotatable bonds is 8. The molecular formula is C25H24N2O5. The normalized spacial score (nSPS) is 14.3. The highest BCUT2D eigenvalue weighted by Gasteiger charge is 2.21. The van der Waals surface area contributed by atoms with Crippen LogP contribution in [0.2, 0.25) is 0 Å². The number of carbonyl (C=O) groups excluding carboxylic acids is 2. The Hall–Kier alpha value is -4.00. The molecule has 3 aromatic rings. The SMILES string of the molecule is O=C(COc1ccccc1C(=O)NCc1ccccc1)NCC1COc2ccccc2O1. The predicted molar refractivity (Wildman–Crippen MR) is 119 cm³/mol. The van der Waals surface area contributed by atoms with E-state index in [9.17, 15) is 9.59 Å². The van der Waals surface area contributed by atoms with Crippen molar-refractivity contribution in [3.8, 4) is 17.2 Å². The Bertz CT molecular complexity index is 1070. The third kappa shape index (κ3) is 5.57. The van der Waals surface area contributed by atoms with Crippen molar-refractivity contribution in [2.75, 3.05) is 19.8 Å². The number of benzene rings is 3. The molecule has 0 saturated carbocycles. The average molecular weight is 432 g/mol. The van der Waals surface area contributed by atoms with Crippen LogP contribution in [-0.2, 0) is 11.3 Å². The minimum Gasteiger partial charge on any atom is -0.486 e. The van der Waals surface area contributed by atoms with E-state index in [0.29, 0.717) is 36.0 Å². The molecule has 1 atom stereocenters. The molecule has 0 fully saturated rings. The van der Waals surface area contributed by atoms with Gasteiger partial charge < -0.3 is 24.8 Å². The van der Waals surface area contributed by atoms with Crippen LogP contribution in [0.3, 0.4) is 0 Å². The summed E-state index contributed by atoms with van der Waals surface area (Å²) in [6.45, 7) is 0.826. The van der Waals surface area contributed by atoms with Crippen molar-refractivity contribution < 1.29 is 23.8 Å². The van der Waals surface area contributed by atoms with E-state index >= 15 is 0 Å². The summed E-state index contributed by atoms with van der Waals surface area (Å²) in [4.78, 5) is 24.9. The lowest BCUT2D eigenvalue weighted by Gasteiger charge is -2.26. The van der Waals surface area contributed by atoms with Gasteiger partial charge in [0.25, 0.3) is 11.8 Å². The van der Waals surface area contributed by atoms with Crippen LogP contribution >= 0.6 is 0 Å². The maximum atomic E-state index is 12.6. The number of hydrogen-bond acceptors (Lipinski definition) is 5. The molecule has 7 nitrogen and oxygen atoms in total. The van der Waals surface area contributed by atoms with Gasteiger partial charge in [-0.2, -0.15) is 0 Å². The number of carbonyl (C=O) groups is 2. The molecule has 0 radical (unpaired) electrons. The highest BCUT2D eigenvalue weighted by Crippen LogP contribution is 2.30. The van der Waals surface area contributed by atoms with Crippen LogP contribution in [0.4, 0.5) is 0 Å². The second-order valence-electron chi connectivity index (χ2n) is 7.25. The molecule has 164 valence electrons. The quantitative estimate of drug-likeness (QED) is 0.572. The van der Waals surface area contributed by atoms with Crippen LogP contribution in [-0.4, -0.2) is 37.7 Å². The van der Waals surface area contributed by atoms with E-state index in [1.54, 1.807) is 24.3 Å². The van der Waals surface area contributed by atoms with Gasteiger partial charge in [-0.1, -0.05) is 54.6 Å². The summed E-state index contributed by atoms with van der Waals surface area (Å²) < 4.78 is 17.1. The minimum atomic E-state index is -0.313. The van der Waals surface area contributed by atoms with Gasteiger partial charge in [-0.15, -0.1) is 0 Å². The van der Waals surface area contributed by atoms with Crippen LogP contribution in [0.1, 0.15) is 15.9 Å². The molecule has 3 aromatic carbocycles. The van der Waals surface area contributed by atoms with Gasteiger partial charge in [0, 0.05) is 6.54 Å². The molecule has 2 N–H and O–H groups in total. The average Bonchev–Trinajstić information content (AvgIpc) is 2.85. The molecule has 32 heavy (non-hydrogen) atoms. The number of fused-ring (bicyclic) bond motifs is 1. The van der Waals surface area contributed by atoms with E-state index < -0.39 is 0 Å². The summed E-state index contributed by atoms with van der Waals surface area (Å²) in [7, 11) is 0. The van der Waals surface area contributed by atoms with Crippen molar-refractivity contribution in [2.45, 2.75) is 12.6 Å². The first-order valence-electron chi connectivity index (χ1n) is 10.4. The van der Waals surface area contributed by atoms with Crippen molar-refractivity contribution in [1.29, 1.82) is 0 Å². The number of ether oxygens (including phenoxy) is 3. The standard InChI is InChI=1S/C25H24N2O5/c28-24(26-15-19-16-30-22-12-6-7-13-23(22)32-19)17-31-21-11-5-4-10-20(21)25(29)27-14-18-8-2-1-3-9-18/h1-13,19H,14-17H2,(H,26,28)(H,27,29). The maximum absolute atomic E-state index is 12.6. The van der Waals surface area contributed by atoms with E-state index in [2.05, 4.69) is 10.6 Å². The van der Waals surface area contributed by atoms with Gasteiger partial charge >= 0.3 is 0 Å². The van der Waals surface area contributed by atoms with E-state index in [-0.39, 0.29) is 31.1 Å². The summed E-state index contributed by atoms with van der Waals surface area (Å²) in [6, 6.07) is 23.9. The van der Waals surface area contributed by atoms with Crippen LogP contribution in [0.25, 0.3) is 0 Å². The third-order valence-corrected chi connectivity index (χ3v) is 4.88. The molecule has 0 saturated heterocycles. The zero-order valence-corrected chi connectivity index (χ0v) is 17.5. The Balaban J connectivity index is 1.26.